The second-order valence-electron chi connectivity index (χ2n) is 3.86. The summed E-state index contributed by atoms with van der Waals surface area (Å²) in [4.78, 5) is 8.27. The minimum atomic E-state index is -2.88. The molecule has 0 saturated heterocycles. The Labute approximate surface area is 114 Å². The van der Waals surface area contributed by atoms with Crippen LogP contribution < -0.4 is 15.8 Å². The highest BCUT2D eigenvalue weighted by Gasteiger charge is 2.12. The van der Waals surface area contributed by atoms with E-state index in [0.29, 0.717) is 30.3 Å². The maximum absolute atomic E-state index is 12.4. The number of aromatic nitrogens is 2. The quantitative estimate of drug-likeness (QED) is 0.848. The largest absolute Gasteiger partial charge is 0.434 e. The summed E-state index contributed by atoms with van der Waals surface area (Å²) in [6, 6.07) is 8.10. The van der Waals surface area contributed by atoms with E-state index in [2.05, 4.69) is 20.0 Å². The lowest BCUT2D eigenvalue weighted by molar-refractivity contribution is -0.0494. The molecule has 0 saturated carbocycles. The van der Waals surface area contributed by atoms with Crippen molar-refractivity contribution in [1.29, 1.82) is 0 Å². The molecule has 5 nitrogen and oxygen atoms in total. The summed E-state index contributed by atoms with van der Waals surface area (Å²) in [7, 11) is 0. The van der Waals surface area contributed by atoms with Gasteiger partial charge in [0.1, 0.15) is 5.75 Å². The van der Waals surface area contributed by atoms with Gasteiger partial charge in [0.05, 0.1) is 5.69 Å². The Morgan fingerprint density at radius 3 is 2.80 bits per heavy atom. The third kappa shape index (κ3) is 3.61. The van der Waals surface area contributed by atoms with Gasteiger partial charge in [-0.15, -0.1) is 0 Å². The number of benzene rings is 1. The number of hydrogen-bond donors (Lipinski definition) is 2. The van der Waals surface area contributed by atoms with Crippen LogP contribution in [0.1, 0.15) is 0 Å². The normalized spacial score (nSPS) is 10.6. The lowest BCUT2D eigenvalue weighted by Crippen LogP contribution is -2.14. The molecule has 3 N–H and O–H groups in total. The fraction of sp³-hybridized carbons (Fsp3) is 0.231. The van der Waals surface area contributed by atoms with Gasteiger partial charge in [0.15, 0.2) is 0 Å². The number of halogens is 2. The Bertz CT molecular complexity index is 566. The fourth-order valence-corrected chi connectivity index (χ4v) is 1.65. The maximum Gasteiger partial charge on any atom is 0.387 e. The van der Waals surface area contributed by atoms with Crippen molar-refractivity contribution < 1.29 is 13.5 Å². The Kier molecular flexibility index (Phi) is 4.78. The molecule has 1 aromatic carbocycles. The number of rotatable bonds is 6. The minimum Gasteiger partial charge on any atom is -0.434 e. The van der Waals surface area contributed by atoms with Gasteiger partial charge in [-0.25, -0.2) is 9.97 Å². The standard InChI is InChI=1S/C13H14F2N4O/c14-12(15)20-11-4-2-1-3-9(11)10-5-7-17-13(19-10)18-8-6-16/h1-5,7,12H,6,8,16H2,(H,17,18,19). The molecular weight excluding hydrogens is 266 g/mol. The van der Waals surface area contributed by atoms with Crippen LogP contribution in [0.5, 0.6) is 5.75 Å². The van der Waals surface area contributed by atoms with E-state index in [1.807, 2.05) is 0 Å². The number of nitrogens with zero attached hydrogens (tertiary/aromatic N) is 2. The molecule has 2 rings (SSSR count). The zero-order valence-corrected chi connectivity index (χ0v) is 10.6. The topological polar surface area (TPSA) is 73.1 Å². The lowest BCUT2D eigenvalue weighted by Gasteiger charge is -2.10. The van der Waals surface area contributed by atoms with E-state index in [-0.39, 0.29) is 5.75 Å². The molecule has 1 heterocycles. The van der Waals surface area contributed by atoms with Crippen LogP contribution in [-0.4, -0.2) is 29.7 Å². The molecule has 2 aromatic rings. The van der Waals surface area contributed by atoms with Gasteiger partial charge in [0.25, 0.3) is 0 Å². The number of para-hydroxylation sites is 1. The Morgan fingerprint density at radius 2 is 2.05 bits per heavy atom. The molecule has 0 aliphatic heterocycles. The van der Waals surface area contributed by atoms with Gasteiger partial charge in [0.2, 0.25) is 5.95 Å². The highest BCUT2D eigenvalue weighted by molar-refractivity contribution is 5.67. The van der Waals surface area contributed by atoms with Crippen molar-refractivity contribution in [1.82, 2.24) is 9.97 Å². The number of alkyl halides is 2. The van der Waals surface area contributed by atoms with E-state index in [1.54, 1.807) is 30.5 Å². The zero-order valence-electron chi connectivity index (χ0n) is 10.6. The Morgan fingerprint density at radius 1 is 1.25 bits per heavy atom. The van der Waals surface area contributed by atoms with Crippen LogP contribution in [-0.2, 0) is 0 Å². The van der Waals surface area contributed by atoms with E-state index >= 15 is 0 Å². The molecule has 0 amide bonds. The summed E-state index contributed by atoms with van der Waals surface area (Å²) in [6.45, 7) is -1.91. The molecule has 0 radical (unpaired) electrons. The summed E-state index contributed by atoms with van der Waals surface area (Å²) < 4.78 is 29.2. The predicted molar refractivity (Wildman–Crippen MR) is 71.6 cm³/mol. The molecule has 0 fully saturated rings. The van der Waals surface area contributed by atoms with Crippen LogP contribution >= 0.6 is 0 Å². The molecule has 0 atom stereocenters. The highest BCUT2D eigenvalue weighted by Crippen LogP contribution is 2.29. The van der Waals surface area contributed by atoms with Crippen LogP contribution in [0.15, 0.2) is 36.5 Å². The summed E-state index contributed by atoms with van der Waals surface area (Å²) in [6.07, 6.45) is 1.54. The highest BCUT2D eigenvalue weighted by atomic mass is 19.3. The summed E-state index contributed by atoms with van der Waals surface area (Å²) in [5.41, 5.74) is 6.36. The minimum absolute atomic E-state index is 0.0750. The van der Waals surface area contributed by atoms with Gasteiger partial charge >= 0.3 is 6.61 Å². The van der Waals surface area contributed by atoms with Gasteiger partial charge in [-0.05, 0) is 18.2 Å². The molecule has 1 aromatic heterocycles. The lowest BCUT2D eigenvalue weighted by atomic mass is 10.1. The summed E-state index contributed by atoms with van der Waals surface area (Å²) in [5.74, 6) is 0.464. The van der Waals surface area contributed by atoms with Crippen molar-refractivity contribution in [2.45, 2.75) is 6.61 Å². The van der Waals surface area contributed by atoms with Gasteiger partial charge in [-0.1, -0.05) is 12.1 Å². The number of ether oxygens (including phenoxy) is 1. The van der Waals surface area contributed by atoms with E-state index in [9.17, 15) is 8.78 Å². The van der Waals surface area contributed by atoms with Crippen molar-refractivity contribution in [3.8, 4) is 17.0 Å². The number of anilines is 1. The first kappa shape index (κ1) is 14.1. The monoisotopic (exact) mass is 280 g/mol. The maximum atomic E-state index is 12.4. The van der Waals surface area contributed by atoms with Crippen LogP contribution in [0.2, 0.25) is 0 Å². The average molecular weight is 280 g/mol. The zero-order chi connectivity index (χ0) is 14.4. The molecule has 106 valence electrons. The SMILES string of the molecule is NCCNc1nccc(-c2ccccc2OC(F)F)n1. The van der Waals surface area contributed by atoms with Crippen molar-refractivity contribution >= 4 is 5.95 Å². The molecule has 20 heavy (non-hydrogen) atoms. The van der Waals surface area contributed by atoms with Crippen molar-refractivity contribution in [3.63, 3.8) is 0 Å². The first-order valence-corrected chi connectivity index (χ1v) is 6.02. The van der Waals surface area contributed by atoms with E-state index in [4.69, 9.17) is 5.73 Å². The number of nitrogens with one attached hydrogen (secondary N) is 1. The second kappa shape index (κ2) is 6.76. The van der Waals surface area contributed by atoms with Crippen molar-refractivity contribution in [3.05, 3.63) is 36.5 Å². The summed E-state index contributed by atoms with van der Waals surface area (Å²) in [5, 5.41) is 2.93. The van der Waals surface area contributed by atoms with Gasteiger partial charge in [-0.3, -0.25) is 0 Å². The average Bonchev–Trinajstić information content (AvgIpc) is 2.45. The fourth-order valence-electron chi connectivity index (χ4n) is 1.65. The molecule has 0 aliphatic rings. The first-order valence-electron chi connectivity index (χ1n) is 6.02. The van der Waals surface area contributed by atoms with Crippen LogP contribution in [0.4, 0.5) is 14.7 Å². The molecule has 0 bridgehead atoms. The van der Waals surface area contributed by atoms with E-state index in [0.717, 1.165) is 0 Å². The second-order valence-corrected chi connectivity index (χ2v) is 3.86. The van der Waals surface area contributed by atoms with E-state index in [1.165, 1.54) is 6.07 Å². The third-order valence-electron chi connectivity index (χ3n) is 2.46. The summed E-state index contributed by atoms with van der Waals surface area (Å²) >= 11 is 0. The molecule has 0 unspecified atom stereocenters. The van der Waals surface area contributed by atoms with Gasteiger partial charge < -0.3 is 15.8 Å². The Balaban J connectivity index is 2.31. The third-order valence-corrected chi connectivity index (χ3v) is 2.46. The van der Waals surface area contributed by atoms with Crippen molar-refractivity contribution in [2.24, 2.45) is 5.73 Å². The van der Waals surface area contributed by atoms with Gasteiger partial charge in [0, 0.05) is 24.8 Å². The smallest absolute Gasteiger partial charge is 0.387 e. The predicted octanol–water partition coefficient (Wildman–Crippen LogP) is 2.12. The molecule has 7 heteroatoms. The van der Waals surface area contributed by atoms with Crippen LogP contribution in [0.25, 0.3) is 11.3 Å². The molecule has 0 spiro atoms. The van der Waals surface area contributed by atoms with Crippen molar-refractivity contribution in [2.75, 3.05) is 18.4 Å². The molecule has 0 aliphatic carbocycles. The Hall–Kier alpha value is -2.28. The number of nitrogens with two attached hydrogens (primary N) is 1. The van der Waals surface area contributed by atoms with Crippen LogP contribution in [0.3, 0.4) is 0 Å². The molecular formula is C13H14F2N4O. The van der Waals surface area contributed by atoms with Gasteiger partial charge in [-0.2, -0.15) is 8.78 Å². The number of hydrogen-bond acceptors (Lipinski definition) is 5. The van der Waals surface area contributed by atoms with Crippen LogP contribution in [0, 0.1) is 0 Å². The first-order chi connectivity index (χ1) is 9.70. The van der Waals surface area contributed by atoms with E-state index < -0.39 is 6.61 Å².